The molecule has 26 heavy (non-hydrogen) atoms. The monoisotopic (exact) mass is 392 g/mol. The van der Waals surface area contributed by atoms with Crippen molar-refractivity contribution in [1.29, 1.82) is 0 Å². The molecule has 0 saturated heterocycles. The van der Waals surface area contributed by atoms with E-state index in [-0.39, 0.29) is 24.0 Å². The van der Waals surface area contributed by atoms with Crippen LogP contribution < -0.4 is 5.32 Å². The van der Waals surface area contributed by atoms with Gasteiger partial charge in [0.1, 0.15) is 11.6 Å². The Hall–Kier alpha value is -2.39. The highest BCUT2D eigenvalue weighted by molar-refractivity contribution is 8.01. The highest BCUT2D eigenvalue weighted by Crippen LogP contribution is 2.26. The number of hydrogen-bond acceptors (Lipinski definition) is 7. The molecule has 1 aromatic carbocycles. The number of halogens is 1. The van der Waals surface area contributed by atoms with Gasteiger partial charge in [0.05, 0.1) is 18.6 Å². The van der Waals surface area contributed by atoms with Gasteiger partial charge in [0.2, 0.25) is 11.0 Å². The quantitative estimate of drug-likeness (QED) is 0.590. The second-order valence-electron chi connectivity index (χ2n) is 5.44. The fourth-order valence-electron chi connectivity index (χ4n) is 2.12. The van der Waals surface area contributed by atoms with Crippen molar-refractivity contribution in [3.63, 3.8) is 0 Å². The lowest BCUT2D eigenvalue weighted by Gasteiger charge is -2.17. The maximum Gasteiger partial charge on any atom is 0.233 e. The Kier molecular flexibility index (Phi) is 6.24. The third kappa shape index (κ3) is 5.06. The van der Waals surface area contributed by atoms with Gasteiger partial charge in [-0.2, -0.15) is 0 Å². The summed E-state index contributed by atoms with van der Waals surface area (Å²) in [5.74, 6) is 0.617. The minimum atomic E-state index is -0.309. The molecule has 1 amide bonds. The average molecular weight is 392 g/mol. The van der Waals surface area contributed by atoms with Gasteiger partial charge >= 0.3 is 0 Å². The number of benzene rings is 1. The van der Waals surface area contributed by atoms with E-state index in [1.807, 2.05) is 12.1 Å². The number of aromatic nitrogens is 2. The topological polar surface area (TPSA) is 71.3 Å². The van der Waals surface area contributed by atoms with Crippen molar-refractivity contribution in [1.82, 2.24) is 15.1 Å². The fourth-order valence-corrected chi connectivity index (χ4v) is 3.81. The average Bonchev–Trinajstić information content (AvgIpc) is 3.31. The Bertz CT molecular complexity index is 854. The molecule has 0 bridgehead atoms. The molecule has 2 heterocycles. The molecule has 0 saturated carbocycles. The lowest BCUT2D eigenvalue weighted by molar-refractivity contribution is -0.127. The minimum absolute atomic E-state index is 0.0986. The van der Waals surface area contributed by atoms with Gasteiger partial charge in [-0.25, -0.2) is 4.39 Å². The van der Waals surface area contributed by atoms with Crippen LogP contribution in [0.25, 0.3) is 0 Å². The second-order valence-corrected chi connectivity index (χ2v) is 7.64. The van der Waals surface area contributed by atoms with Crippen molar-refractivity contribution in [2.75, 3.05) is 18.1 Å². The van der Waals surface area contributed by atoms with Crippen LogP contribution in [-0.2, 0) is 17.9 Å². The molecule has 0 unspecified atom stereocenters. The maximum absolute atomic E-state index is 13.7. The highest BCUT2D eigenvalue weighted by atomic mass is 32.2. The first-order valence-corrected chi connectivity index (χ1v) is 9.62. The van der Waals surface area contributed by atoms with Crippen molar-refractivity contribution in [3.05, 3.63) is 59.8 Å². The minimum Gasteiger partial charge on any atom is -0.467 e. The van der Waals surface area contributed by atoms with E-state index in [1.54, 1.807) is 31.5 Å². The van der Waals surface area contributed by atoms with Gasteiger partial charge in [-0.3, -0.25) is 4.79 Å². The number of rotatable bonds is 8. The van der Waals surface area contributed by atoms with E-state index < -0.39 is 0 Å². The van der Waals surface area contributed by atoms with E-state index in [1.165, 1.54) is 34.1 Å². The van der Waals surface area contributed by atoms with Crippen LogP contribution >= 0.6 is 23.1 Å². The molecule has 136 valence electrons. The molecule has 0 aliphatic rings. The summed E-state index contributed by atoms with van der Waals surface area (Å²) >= 11 is 2.68. The molecule has 0 aliphatic carbocycles. The van der Waals surface area contributed by atoms with Crippen LogP contribution in [0.1, 0.15) is 11.3 Å². The molecule has 2 aromatic heterocycles. The molecule has 0 spiro atoms. The zero-order valence-electron chi connectivity index (χ0n) is 14.0. The first-order valence-electron chi connectivity index (χ1n) is 7.82. The molecule has 6 nitrogen and oxygen atoms in total. The summed E-state index contributed by atoms with van der Waals surface area (Å²) in [6, 6.07) is 10.1. The smallest absolute Gasteiger partial charge is 0.233 e. The van der Waals surface area contributed by atoms with Gasteiger partial charge in [0, 0.05) is 19.2 Å². The SMILES string of the molecule is CN(Cc1ccccc1F)C(=O)CSc1nnc(NCc2ccco2)s1. The van der Waals surface area contributed by atoms with Crippen LogP contribution in [0.15, 0.2) is 51.4 Å². The van der Waals surface area contributed by atoms with E-state index in [4.69, 9.17) is 4.42 Å². The van der Waals surface area contributed by atoms with Crippen molar-refractivity contribution in [3.8, 4) is 0 Å². The van der Waals surface area contributed by atoms with Gasteiger partial charge in [0.15, 0.2) is 4.34 Å². The number of carbonyl (C=O) groups is 1. The predicted molar refractivity (Wildman–Crippen MR) is 99.5 cm³/mol. The maximum atomic E-state index is 13.7. The number of nitrogens with one attached hydrogen (secondary N) is 1. The molecule has 3 rings (SSSR count). The van der Waals surface area contributed by atoms with E-state index in [2.05, 4.69) is 15.5 Å². The van der Waals surface area contributed by atoms with Gasteiger partial charge < -0.3 is 14.6 Å². The zero-order chi connectivity index (χ0) is 18.4. The fraction of sp³-hybridized carbons (Fsp3) is 0.235. The lowest BCUT2D eigenvalue weighted by atomic mass is 10.2. The largest absolute Gasteiger partial charge is 0.467 e. The number of amides is 1. The Morgan fingerprint density at radius 1 is 1.31 bits per heavy atom. The molecule has 9 heteroatoms. The van der Waals surface area contributed by atoms with E-state index in [9.17, 15) is 9.18 Å². The first kappa shape index (κ1) is 18.4. The Balaban J connectivity index is 1.46. The van der Waals surface area contributed by atoms with E-state index >= 15 is 0 Å². The summed E-state index contributed by atoms with van der Waals surface area (Å²) < 4.78 is 19.6. The van der Waals surface area contributed by atoms with Gasteiger partial charge in [-0.05, 0) is 18.2 Å². The van der Waals surface area contributed by atoms with Crippen LogP contribution in [0.2, 0.25) is 0 Å². The molecule has 3 aromatic rings. The molecular weight excluding hydrogens is 375 g/mol. The molecule has 1 N–H and O–H groups in total. The summed E-state index contributed by atoms with van der Waals surface area (Å²) in [5.41, 5.74) is 0.494. The summed E-state index contributed by atoms with van der Waals surface area (Å²) in [5, 5.41) is 11.9. The van der Waals surface area contributed by atoms with Gasteiger partial charge in [-0.15, -0.1) is 10.2 Å². The number of furan rings is 1. The van der Waals surface area contributed by atoms with Crippen molar-refractivity contribution >= 4 is 34.1 Å². The van der Waals surface area contributed by atoms with Crippen molar-refractivity contribution in [2.24, 2.45) is 0 Å². The number of hydrogen-bond donors (Lipinski definition) is 1. The van der Waals surface area contributed by atoms with Crippen LogP contribution in [-0.4, -0.2) is 33.8 Å². The van der Waals surface area contributed by atoms with Gasteiger partial charge in [-0.1, -0.05) is 41.3 Å². The van der Waals surface area contributed by atoms with Crippen LogP contribution in [0.3, 0.4) is 0 Å². The number of carbonyl (C=O) groups excluding carboxylic acids is 1. The number of anilines is 1. The lowest BCUT2D eigenvalue weighted by Crippen LogP contribution is -2.28. The molecular formula is C17H17FN4O2S2. The molecule has 0 atom stereocenters. The zero-order valence-corrected chi connectivity index (χ0v) is 15.6. The third-order valence-corrected chi connectivity index (χ3v) is 5.51. The van der Waals surface area contributed by atoms with Crippen LogP contribution in [0.4, 0.5) is 9.52 Å². The standard InChI is InChI=1S/C17H17FN4O2S2/c1-22(10-12-5-2-3-7-14(12)18)15(23)11-25-17-21-20-16(26-17)19-9-13-6-4-8-24-13/h2-8H,9-11H2,1H3,(H,19,20). The predicted octanol–water partition coefficient (Wildman–Crippen LogP) is 3.63. The Morgan fingerprint density at radius 2 is 2.15 bits per heavy atom. The normalized spacial score (nSPS) is 10.7. The molecule has 0 aliphatic heterocycles. The summed E-state index contributed by atoms with van der Waals surface area (Å²) in [7, 11) is 1.66. The first-order chi connectivity index (χ1) is 12.6. The Morgan fingerprint density at radius 3 is 2.92 bits per heavy atom. The molecule has 0 fully saturated rings. The van der Waals surface area contributed by atoms with Crippen molar-refractivity contribution in [2.45, 2.75) is 17.4 Å². The van der Waals surface area contributed by atoms with Crippen molar-refractivity contribution < 1.29 is 13.6 Å². The summed E-state index contributed by atoms with van der Waals surface area (Å²) in [6.45, 7) is 0.759. The molecule has 0 radical (unpaired) electrons. The third-order valence-electron chi connectivity index (χ3n) is 3.51. The summed E-state index contributed by atoms with van der Waals surface area (Å²) in [6.07, 6.45) is 1.61. The van der Waals surface area contributed by atoms with E-state index in [0.29, 0.717) is 21.6 Å². The summed E-state index contributed by atoms with van der Waals surface area (Å²) in [4.78, 5) is 13.7. The Labute approximate surface area is 158 Å². The van der Waals surface area contributed by atoms with Crippen LogP contribution in [0, 0.1) is 5.82 Å². The number of nitrogens with zero attached hydrogens (tertiary/aromatic N) is 3. The van der Waals surface area contributed by atoms with Crippen LogP contribution in [0.5, 0.6) is 0 Å². The number of thioether (sulfide) groups is 1. The second kappa shape index (κ2) is 8.81. The highest BCUT2D eigenvalue weighted by Gasteiger charge is 2.14. The van der Waals surface area contributed by atoms with Gasteiger partial charge in [0.25, 0.3) is 0 Å². The van der Waals surface area contributed by atoms with E-state index in [0.717, 1.165) is 5.76 Å².